The van der Waals surface area contributed by atoms with E-state index < -0.39 is 0 Å². The van der Waals surface area contributed by atoms with Crippen molar-refractivity contribution in [2.45, 2.75) is 26.7 Å². The standard InChI is InChI=1S/C6H15N.ClH/c1-3-5-7-6-4-2;/h7H,3-6H2,1-2H3;1H. The van der Waals surface area contributed by atoms with E-state index in [2.05, 4.69) is 19.2 Å². The van der Waals surface area contributed by atoms with Gasteiger partial charge in [0.2, 0.25) is 0 Å². The third-order valence-electron chi connectivity index (χ3n) is 0.854. The first-order valence-electron chi connectivity index (χ1n) is 3.12. The summed E-state index contributed by atoms with van der Waals surface area (Å²) >= 11 is 0. The van der Waals surface area contributed by atoms with Crippen LogP contribution in [0.1, 0.15) is 26.7 Å². The SMILES string of the molecule is CCCNCCC.Cl. The fourth-order valence-corrected chi connectivity index (χ4v) is 0.479. The molecule has 0 aromatic carbocycles. The highest BCUT2D eigenvalue weighted by molar-refractivity contribution is 5.85. The molecule has 0 atom stereocenters. The molecular weight excluding hydrogens is 122 g/mol. The minimum Gasteiger partial charge on any atom is -0.317 e. The van der Waals surface area contributed by atoms with Crippen molar-refractivity contribution >= 4 is 12.4 Å². The lowest BCUT2D eigenvalue weighted by Gasteiger charge is -1.95. The topological polar surface area (TPSA) is 12.0 Å². The van der Waals surface area contributed by atoms with E-state index >= 15 is 0 Å². The van der Waals surface area contributed by atoms with E-state index in [0.717, 1.165) is 0 Å². The molecule has 0 aliphatic rings. The summed E-state index contributed by atoms with van der Waals surface area (Å²) < 4.78 is 0. The van der Waals surface area contributed by atoms with Crippen LogP contribution in [0.5, 0.6) is 0 Å². The van der Waals surface area contributed by atoms with Gasteiger partial charge in [0.25, 0.3) is 0 Å². The molecular formula is C6H16ClN. The van der Waals surface area contributed by atoms with Gasteiger partial charge in [-0.05, 0) is 25.9 Å². The highest BCUT2D eigenvalue weighted by Gasteiger charge is 1.76. The average Bonchev–Trinajstić information content (AvgIpc) is 1.69. The number of hydrogen-bond donors (Lipinski definition) is 1. The van der Waals surface area contributed by atoms with Gasteiger partial charge in [0.15, 0.2) is 0 Å². The first kappa shape index (κ1) is 11.1. The Morgan fingerprint density at radius 2 is 1.38 bits per heavy atom. The van der Waals surface area contributed by atoms with Crippen molar-refractivity contribution in [1.29, 1.82) is 0 Å². The van der Waals surface area contributed by atoms with Crippen molar-refractivity contribution in [3.05, 3.63) is 0 Å². The molecule has 2 heteroatoms. The number of halogens is 1. The lowest BCUT2D eigenvalue weighted by atomic mass is 10.4. The Morgan fingerprint density at radius 1 is 1.00 bits per heavy atom. The van der Waals surface area contributed by atoms with E-state index in [1.54, 1.807) is 0 Å². The zero-order chi connectivity index (χ0) is 5.54. The maximum Gasteiger partial charge on any atom is -0.00516 e. The highest BCUT2D eigenvalue weighted by Crippen LogP contribution is 1.71. The fourth-order valence-electron chi connectivity index (χ4n) is 0.479. The van der Waals surface area contributed by atoms with Crippen LogP contribution in [0.3, 0.4) is 0 Å². The summed E-state index contributed by atoms with van der Waals surface area (Å²) in [5, 5.41) is 3.28. The van der Waals surface area contributed by atoms with Crippen LogP contribution >= 0.6 is 12.4 Å². The predicted molar refractivity (Wildman–Crippen MR) is 40.7 cm³/mol. The van der Waals surface area contributed by atoms with Crippen LogP contribution in [0, 0.1) is 0 Å². The summed E-state index contributed by atoms with van der Waals surface area (Å²) in [5.41, 5.74) is 0. The molecule has 0 aliphatic carbocycles. The molecule has 1 N–H and O–H groups in total. The second-order valence-corrected chi connectivity index (χ2v) is 1.75. The smallest absolute Gasteiger partial charge is 0.00516 e. The summed E-state index contributed by atoms with van der Waals surface area (Å²) in [5.74, 6) is 0. The molecule has 0 aromatic rings. The zero-order valence-electron chi connectivity index (χ0n) is 5.74. The minimum absolute atomic E-state index is 0. The van der Waals surface area contributed by atoms with Gasteiger partial charge < -0.3 is 5.32 Å². The van der Waals surface area contributed by atoms with Crippen LogP contribution in [-0.2, 0) is 0 Å². The minimum atomic E-state index is 0. The van der Waals surface area contributed by atoms with E-state index in [1.165, 1.54) is 25.9 Å². The van der Waals surface area contributed by atoms with Gasteiger partial charge in [-0.25, -0.2) is 0 Å². The summed E-state index contributed by atoms with van der Waals surface area (Å²) in [6.07, 6.45) is 2.50. The second kappa shape index (κ2) is 10.3. The van der Waals surface area contributed by atoms with Crippen LogP contribution in [0.15, 0.2) is 0 Å². The Morgan fingerprint density at radius 3 is 1.62 bits per heavy atom. The molecule has 0 saturated carbocycles. The molecule has 52 valence electrons. The molecule has 0 rings (SSSR count). The van der Waals surface area contributed by atoms with Crippen LogP contribution in [0.4, 0.5) is 0 Å². The third-order valence-corrected chi connectivity index (χ3v) is 0.854. The van der Waals surface area contributed by atoms with Crippen molar-refractivity contribution in [2.75, 3.05) is 13.1 Å². The molecule has 1 nitrogen and oxygen atoms in total. The third kappa shape index (κ3) is 9.54. The second-order valence-electron chi connectivity index (χ2n) is 1.75. The quantitative estimate of drug-likeness (QED) is 0.583. The molecule has 0 radical (unpaired) electrons. The number of hydrogen-bond acceptors (Lipinski definition) is 1. The van der Waals surface area contributed by atoms with E-state index in [4.69, 9.17) is 0 Å². The summed E-state index contributed by atoms with van der Waals surface area (Å²) in [6.45, 7) is 6.72. The van der Waals surface area contributed by atoms with Crippen molar-refractivity contribution in [3.8, 4) is 0 Å². The van der Waals surface area contributed by atoms with Crippen molar-refractivity contribution in [2.24, 2.45) is 0 Å². The first-order valence-corrected chi connectivity index (χ1v) is 3.12. The lowest BCUT2D eigenvalue weighted by Crippen LogP contribution is -2.14. The van der Waals surface area contributed by atoms with Gasteiger partial charge in [0, 0.05) is 0 Å². The lowest BCUT2D eigenvalue weighted by molar-refractivity contribution is 0.662. The molecule has 0 aliphatic heterocycles. The normalized spacial score (nSPS) is 8.25. The van der Waals surface area contributed by atoms with Crippen LogP contribution in [0.25, 0.3) is 0 Å². The first-order chi connectivity index (χ1) is 3.41. The molecule has 0 aromatic heterocycles. The molecule has 0 heterocycles. The van der Waals surface area contributed by atoms with Crippen LogP contribution in [-0.4, -0.2) is 13.1 Å². The van der Waals surface area contributed by atoms with E-state index in [9.17, 15) is 0 Å². The zero-order valence-corrected chi connectivity index (χ0v) is 6.55. The number of rotatable bonds is 4. The van der Waals surface area contributed by atoms with Crippen LogP contribution < -0.4 is 5.32 Å². The van der Waals surface area contributed by atoms with E-state index in [-0.39, 0.29) is 12.4 Å². The molecule has 0 spiro atoms. The Bertz CT molecular complexity index is 27.7. The molecule has 0 amide bonds. The molecule has 0 bridgehead atoms. The Labute approximate surface area is 58.3 Å². The highest BCUT2D eigenvalue weighted by atomic mass is 35.5. The van der Waals surface area contributed by atoms with E-state index in [0.29, 0.717) is 0 Å². The Balaban J connectivity index is 0. The maximum atomic E-state index is 3.28. The van der Waals surface area contributed by atoms with Gasteiger partial charge in [-0.2, -0.15) is 0 Å². The van der Waals surface area contributed by atoms with Gasteiger partial charge in [-0.15, -0.1) is 12.4 Å². The molecule has 0 fully saturated rings. The van der Waals surface area contributed by atoms with Gasteiger partial charge in [0.1, 0.15) is 0 Å². The molecule has 8 heavy (non-hydrogen) atoms. The fraction of sp³-hybridized carbons (Fsp3) is 1.00. The van der Waals surface area contributed by atoms with E-state index in [1.807, 2.05) is 0 Å². The van der Waals surface area contributed by atoms with Crippen molar-refractivity contribution in [1.82, 2.24) is 5.32 Å². The van der Waals surface area contributed by atoms with Gasteiger partial charge in [-0.3, -0.25) is 0 Å². The van der Waals surface area contributed by atoms with Gasteiger partial charge >= 0.3 is 0 Å². The van der Waals surface area contributed by atoms with Gasteiger partial charge in [0.05, 0.1) is 0 Å². The summed E-state index contributed by atoms with van der Waals surface area (Å²) in [7, 11) is 0. The largest absolute Gasteiger partial charge is 0.317 e. The Kier molecular flexibility index (Phi) is 14.3. The summed E-state index contributed by atoms with van der Waals surface area (Å²) in [4.78, 5) is 0. The van der Waals surface area contributed by atoms with Gasteiger partial charge in [-0.1, -0.05) is 13.8 Å². The number of nitrogens with one attached hydrogen (secondary N) is 1. The predicted octanol–water partition coefficient (Wildman–Crippen LogP) is 1.82. The van der Waals surface area contributed by atoms with Crippen LogP contribution in [0.2, 0.25) is 0 Å². The average molecular weight is 138 g/mol. The Hall–Kier alpha value is 0.250. The summed E-state index contributed by atoms with van der Waals surface area (Å²) in [6, 6.07) is 0. The van der Waals surface area contributed by atoms with Crippen molar-refractivity contribution in [3.63, 3.8) is 0 Å². The molecule has 0 saturated heterocycles. The maximum absolute atomic E-state index is 3.28. The monoisotopic (exact) mass is 137 g/mol. The molecule has 0 unspecified atom stereocenters. The van der Waals surface area contributed by atoms with Crippen molar-refractivity contribution < 1.29 is 0 Å².